The van der Waals surface area contributed by atoms with Gasteiger partial charge in [-0.2, -0.15) is 5.26 Å². The van der Waals surface area contributed by atoms with Gasteiger partial charge in [-0.3, -0.25) is 4.79 Å². The molecule has 3 aromatic carbocycles. The third-order valence-electron chi connectivity index (χ3n) is 4.19. The fourth-order valence-electron chi connectivity index (χ4n) is 2.86. The highest BCUT2D eigenvalue weighted by Gasteiger charge is 2.14. The number of aromatic nitrogens is 2. The summed E-state index contributed by atoms with van der Waals surface area (Å²) in [6.45, 7) is 0. The number of anilines is 2. The molecule has 4 rings (SSSR count). The van der Waals surface area contributed by atoms with Crippen LogP contribution in [-0.2, 0) is 0 Å². The SMILES string of the molecule is N#Cc1ccc(Nc2nc3ccc(Cl)cc3c(=O)n2-c2ccccc2)c(Cl)c1. The first-order valence-corrected chi connectivity index (χ1v) is 9.07. The average Bonchev–Trinajstić information content (AvgIpc) is 2.71. The summed E-state index contributed by atoms with van der Waals surface area (Å²) in [4.78, 5) is 17.8. The van der Waals surface area contributed by atoms with Crippen LogP contribution >= 0.6 is 23.2 Å². The lowest BCUT2D eigenvalue weighted by atomic mass is 10.2. The van der Waals surface area contributed by atoms with Gasteiger partial charge >= 0.3 is 0 Å². The van der Waals surface area contributed by atoms with Crippen molar-refractivity contribution >= 4 is 45.7 Å². The summed E-state index contributed by atoms with van der Waals surface area (Å²) < 4.78 is 1.47. The summed E-state index contributed by atoms with van der Waals surface area (Å²) in [6.07, 6.45) is 0. The van der Waals surface area contributed by atoms with E-state index in [1.165, 1.54) is 4.57 Å². The summed E-state index contributed by atoms with van der Waals surface area (Å²) in [5, 5.41) is 13.4. The van der Waals surface area contributed by atoms with Crippen LogP contribution in [0.2, 0.25) is 10.0 Å². The van der Waals surface area contributed by atoms with Crippen LogP contribution in [0.1, 0.15) is 5.56 Å². The van der Waals surface area contributed by atoms with Crippen molar-refractivity contribution in [3.63, 3.8) is 0 Å². The standard InChI is InChI=1S/C21H12Cl2N4O/c22-14-7-9-18-16(11-14)20(28)27(15-4-2-1-3-5-15)21(25-18)26-19-8-6-13(12-24)10-17(19)23/h1-11H,(H,25,26). The fourth-order valence-corrected chi connectivity index (χ4v) is 3.26. The van der Waals surface area contributed by atoms with E-state index in [2.05, 4.69) is 10.3 Å². The number of nitrogens with one attached hydrogen (secondary N) is 1. The second-order valence-electron chi connectivity index (χ2n) is 6.00. The smallest absolute Gasteiger partial charge is 0.267 e. The minimum atomic E-state index is -0.258. The predicted octanol–water partition coefficient (Wildman–Crippen LogP) is 5.31. The molecule has 0 saturated carbocycles. The number of nitriles is 1. The molecule has 0 aliphatic rings. The van der Waals surface area contributed by atoms with E-state index < -0.39 is 0 Å². The Hall–Kier alpha value is -3.33. The second kappa shape index (κ2) is 7.35. The number of fused-ring (bicyclic) bond motifs is 1. The van der Waals surface area contributed by atoms with Crippen LogP contribution in [-0.4, -0.2) is 9.55 Å². The van der Waals surface area contributed by atoms with Gasteiger partial charge in [-0.1, -0.05) is 41.4 Å². The van der Waals surface area contributed by atoms with Gasteiger partial charge in [-0.05, 0) is 48.5 Å². The summed E-state index contributed by atoms with van der Waals surface area (Å²) >= 11 is 12.4. The summed E-state index contributed by atoms with van der Waals surface area (Å²) in [5.74, 6) is 0.303. The van der Waals surface area contributed by atoms with E-state index in [1.807, 2.05) is 36.4 Å². The number of hydrogen-bond acceptors (Lipinski definition) is 4. The van der Waals surface area contributed by atoms with Crippen LogP contribution in [0.5, 0.6) is 0 Å². The van der Waals surface area contributed by atoms with Gasteiger partial charge in [0.15, 0.2) is 0 Å². The number of halogens is 2. The maximum Gasteiger partial charge on any atom is 0.267 e. The van der Waals surface area contributed by atoms with E-state index >= 15 is 0 Å². The van der Waals surface area contributed by atoms with E-state index in [9.17, 15) is 4.79 Å². The molecule has 0 spiro atoms. The molecule has 1 heterocycles. The summed E-state index contributed by atoms with van der Waals surface area (Å²) in [5.41, 5.74) is 1.87. The van der Waals surface area contributed by atoms with Gasteiger partial charge in [0.2, 0.25) is 5.95 Å². The van der Waals surface area contributed by atoms with Crippen LogP contribution in [0.3, 0.4) is 0 Å². The lowest BCUT2D eigenvalue weighted by Gasteiger charge is -2.16. The van der Waals surface area contributed by atoms with E-state index in [-0.39, 0.29) is 5.56 Å². The van der Waals surface area contributed by atoms with Crippen LogP contribution in [0.25, 0.3) is 16.6 Å². The Morgan fingerprint density at radius 2 is 1.79 bits per heavy atom. The molecule has 5 nitrogen and oxygen atoms in total. The maximum atomic E-state index is 13.2. The van der Waals surface area contributed by atoms with Gasteiger partial charge in [0.1, 0.15) is 0 Å². The molecule has 136 valence electrons. The normalized spacial score (nSPS) is 10.6. The van der Waals surface area contributed by atoms with Crippen molar-refractivity contribution < 1.29 is 0 Å². The number of para-hydroxylation sites is 1. The molecule has 0 atom stereocenters. The summed E-state index contributed by atoms with van der Waals surface area (Å²) in [7, 11) is 0. The van der Waals surface area contributed by atoms with Crippen molar-refractivity contribution in [1.29, 1.82) is 5.26 Å². The van der Waals surface area contributed by atoms with Crippen molar-refractivity contribution in [3.8, 4) is 11.8 Å². The van der Waals surface area contributed by atoms with Gasteiger partial charge in [-0.15, -0.1) is 0 Å². The number of nitrogens with zero attached hydrogens (tertiary/aromatic N) is 3. The van der Waals surface area contributed by atoms with E-state index in [4.69, 9.17) is 28.5 Å². The minimum Gasteiger partial charge on any atom is -0.324 e. The first-order valence-electron chi connectivity index (χ1n) is 8.31. The molecule has 28 heavy (non-hydrogen) atoms. The Labute approximate surface area is 170 Å². The van der Waals surface area contributed by atoms with Crippen LogP contribution in [0.15, 0.2) is 71.5 Å². The quantitative estimate of drug-likeness (QED) is 0.500. The molecule has 1 N–H and O–H groups in total. The van der Waals surface area contributed by atoms with Gasteiger partial charge in [0.05, 0.1) is 38.9 Å². The molecule has 0 aliphatic carbocycles. The lowest BCUT2D eigenvalue weighted by Crippen LogP contribution is -2.22. The van der Waals surface area contributed by atoms with E-state index in [0.717, 1.165) is 0 Å². The van der Waals surface area contributed by atoms with Crippen molar-refractivity contribution in [1.82, 2.24) is 9.55 Å². The van der Waals surface area contributed by atoms with Crippen LogP contribution in [0, 0.1) is 11.3 Å². The third-order valence-corrected chi connectivity index (χ3v) is 4.74. The van der Waals surface area contributed by atoms with Gasteiger partial charge in [-0.25, -0.2) is 9.55 Å². The Balaban J connectivity index is 1.95. The van der Waals surface area contributed by atoms with Gasteiger partial charge < -0.3 is 5.32 Å². The fraction of sp³-hybridized carbons (Fsp3) is 0. The maximum absolute atomic E-state index is 13.2. The monoisotopic (exact) mass is 406 g/mol. The van der Waals surface area contributed by atoms with Crippen molar-refractivity contribution in [3.05, 3.63) is 92.7 Å². The highest BCUT2D eigenvalue weighted by molar-refractivity contribution is 6.33. The van der Waals surface area contributed by atoms with Crippen molar-refractivity contribution in [2.45, 2.75) is 0 Å². The molecule has 1 aromatic heterocycles. The van der Waals surface area contributed by atoms with Crippen LogP contribution < -0.4 is 10.9 Å². The first-order chi connectivity index (χ1) is 13.6. The molecule has 7 heteroatoms. The molecule has 0 bridgehead atoms. The Morgan fingerprint density at radius 1 is 1.00 bits per heavy atom. The zero-order valence-electron chi connectivity index (χ0n) is 14.4. The lowest BCUT2D eigenvalue weighted by molar-refractivity contribution is 0.974. The number of hydrogen-bond donors (Lipinski definition) is 1. The Morgan fingerprint density at radius 3 is 2.50 bits per heavy atom. The predicted molar refractivity (Wildman–Crippen MR) is 112 cm³/mol. The average molecular weight is 407 g/mol. The Kier molecular flexibility index (Phi) is 4.74. The van der Waals surface area contributed by atoms with Crippen molar-refractivity contribution in [2.75, 3.05) is 5.32 Å². The zero-order chi connectivity index (χ0) is 19.7. The van der Waals surface area contributed by atoms with Gasteiger partial charge in [0.25, 0.3) is 5.56 Å². The molecular formula is C21H12Cl2N4O. The Bertz CT molecular complexity index is 1290. The highest BCUT2D eigenvalue weighted by atomic mass is 35.5. The highest BCUT2D eigenvalue weighted by Crippen LogP contribution is 2.27. The molecule has 0 aliphatic heterocycles. The molecule has 0 radical (unpaired) electrons. The van der Waals surface area contributed by atoms with Gasteiger partial charge in [0, 0.05) is 5.02 Å². The number of benzene rings is 3. The molecule has 0 saturated heterocycles. The van der Waals surface area contributed by atoms with Crippen LogP contribution in [0.4, 0.5) is 11.6 Å². The molecule has 0 fully saturated rings. The molecule has 4 aromatic rings. The molecular weight excluding hydrogens is 395 g/mol. The van der Waals surface area contributed by atoms with E-state index in [1.54, 1.807) is 36.4 Å². The zero-order valence-corrected chi connectivity index (χ0v) is 15.9. The third kappa shape index (κ3) is 3.31. The first kappa shape index (κ1) is 18.1. The number of rotatable bonds is 3. The minimum absolute atomic E-state index is 0.258. The topological polar surface area (TPSA) is 70.7 Å². The largest absolute Gasteiger partial charge is 0.324 e. The molecule has 0 amide bonds. The summed E-state index contributed by atoms with van der Waals surface area (Å²) in [6, 6.07) is 21.0. The van der Waals surface area contributed by atoms with E-state index in [0.29, 0.717) is 43.8 Å². The second-order valence-corrected chi connectivity index (χ2v) is 6.85. The van der Waals surface area contributed by atoms with Crippen molar-refractivity contribution in [2.24, 2.45) is 0 Å². The molecule has 0 unspecified atom stereocenters.